The van der Waals surface area contributed by atoms with Crippen molar-refractivity contribution in [3.8, 4) is 0 Å². The molecule has 0 aromatic heterocycles. The molecule has 0 heterocycles. The summed E-state index contributed by atoms with van der Waals surface area (Å²) in [5.74, 6) is 0.271. The van der Waals surface area contributed by atoms with Crippen molar-refractivity contribution in [3.63, 3.8) is 0 Å². The highest BCUT2D eigenvalue weighted by Gasteiger charge is 2.32. The third-order valence-electron chi connectivity index (χ3n) is 5.07. The lowest BCUT2D eigenvalue weighted by atomic mass is 9.86. The third-order valence-corrected chi connectivity index (χ3v) is 7.33. The van der Waals surface area contributed by atoms with Gasteiger partial charge in [-0.3, -0.25) is 4.79 Å². The normalized spacial score (nSPS) is 20.9. The van der Waals surface area contributed by atoms with Crippen LogP contribution in [0, 0.1) is 5.92 Å². The number of methoxy groups -OCH3 is 1. The van der Waals surface area contributed by atoms with Crippen molar-refractivity contribution >= 4 is 21.7 Å². The molecule has 1 fully saturated rings. The van der Waals surface area contributed by atoms with E-state index in [9.17, 15) is 13.2 Å². The van der Waals surface area contributed by atoms with Crippen molar-refractivity contribution in [3.05, 3.63) is 29.8 Å². The minimum atomic E-state index is -3.29. The number of sulfonamides is 1. The molecule has 1 aromatic rings. The standard InChI is InChI=1S/C20H32N2O4S/c1-20(2,3)27(24,25)22-17-10-8-15(9-11-17)14-21-18-7-5-6-16(12-18)13-19(23)26-4/h5-7,12,15,17,21-22H,8-11,13-14H2,1-4H3. The van der Waals surface area contributed by atoms with Crippen molar-refractivity contribution in [2.75, 3.05) is 19.0 Å². The Balaban J connectivity index is 1.80. The van der Waals surface area contributed by atoms with Gasteiger partial charge in [-0.15, -0.1) is 0 Å². The molecule has 152 valence electrons. The van der Waals surface area contributed by atoms with Gasteiger partial charge in [-0.25, -0.2) is 13.1 Å². The number of hydrogen-bond donors (Lipinski definition) is 2. The summed E-state index contributed by atoms with van der Waals surface area (Å²) in [4.78, 5) is 11.4. The Morgan fingerprint density at radius 3 is 2.44 bits per heavy atom. The SMILES string of the molecule is COC(=O)Cc1cccc(NCC2CCC(NS(=O)(=O)C(C)(C)C)CC2)c1. The molecule has 27 heavy (non-hydrogen) atoms. The molecular weight excluding hydrogens is 364 g/mol. The van der Waals surface area contributed by atoms with Crippen LogP contribution in [-0.4, -0.2) is 38.8 Å². The summed E-state index contributed by atoms with van der Waals surface area (Å²) in [5, 5.41) is 3.44. The lowest BCUT2D eigenvalue weighted by molar-refractivity contribution is -0.139. The van der Waals surface area contributed by atoms with Gasteiger partial charge in [0.1, 0.15) is 0 Å². The fraction of sp³-hybridized carbons (Fsp3) is 0.650. The molecule has 6 nitrogen and oxygen atoms in total. The van der Waals surface area contributed by atoms with Gasteiger partial charge < -0.3 is 10.1 Å². The molecule has 1 aliphatic carbocycles. The first kappa shape index (κ1) is 21.7. The van der Waals surface area contributed by atoms with E-state index in [2.05, 4.69) is 10.0 Å². The molecule has 0 saturated heterocycles. The van der Waals surface area contributed by atoms with E-state index in [1.807, 2.05) is 24.3 Å². The maximum Gasteiger partial charge on any atom is 0.309 e. The van der Waals surface area contributed by atoms with Crippen molar-refractivity contribution in [1.82, 2.24) is 4.72 Å². The van der Waals surface area contributed by atoms with Gasteiger partial charge in [0.25, 0.3) is 0 Å². The summed E-state index contributed by atoms with van der Waals surface area (Å²) < 4.78 is 31.4. The summed E-state index contributed by atoms with van der Waals surface area (Å²) in [6.45, 7) is 6.01. The second-order valence-corrected chi connectivity index (χ2v) is 10.8. The van der Waals surface area contributed by atoms with E-state index in [0.717, 1.165) is 43.5 Å². The average molecular weight is 397 g/mol. The number of hydrogen-bond acceptors (Lipinski definition) is 5. The summed E-state index contributed by atoms with van der Waals surface area (Å²) >= 11 is 0. The fourth-order valence-corrected chi connectivity index (χ4v) is 4.20. The molecule has 2 rings (SSSR count). The number of esters is 1. The predicted octanol–water partition coefficient (Wildman–Crippen LogP) is 3.09. The molecule has 7 heteroatoms. The van der Waals surface area contributed by atoms with Gasteiger partial charge in [-0.2, -0.15) is 0 Å². The Kier molecular flexibility index (Phi) is 7.28. The molecule has 2 N–H and O–H groups in total. The zero-order chi connectivity index (χ0) is 20.1. The molecule has 0 radical (unpaired) electrons. The van der Waals surface area contributed by atoms with Crippen molar-refractivity contribution in [2.45, 2.75) is 63.7 Å². The number of rotatable bonds is 7. The Morgan fingerprint density at radius 2 is 1.85 bits per heavy atom. The zero-order valence-corrected chi connectivity index (χ0v) is 17.6. The summed E-state index contributed by atoms with van der Waals surface area (Å²) in [5.41, 5.74) is 1.92. The molecule has 0 bridgehead atoms. The summed E-state index contributed by atoms with van der Waals surface area (Å²) in [7, 11) is -1.90. The van der Waals surface area contributed by atoms with Crippen molar-refractivity contribution < 1.29 is 17.9 Å². The van der Waals surface area contributed by atoms with E-state index in [0.29, 0.717) is 5.92 Å². The second-order valence-electron chi connectivity index (χ2n) is 8.29. The number of carbonyl (C=O) groups is 1. The minimum Gasteiger partial charge on any atom is -0.469 e. The highest BCUT2D eigenvalue weighted by molar-refractivity contribution is 7.90. The van der Waals surface area contributed by atoms with E-state index in [4.69, 9.17) is 4.74 Å². The van der Waals surface area contributed by atoms with Crippen LogP contribution in [0.3, 0.4) is 0 Å². The smallest absolute Gasteiger partial charge is 0.309 e. The molecular formula is C20H32N2O4S. The largest absolute Gasteiger partial charge is 0.469 e. The molecule has 0 atom stereocenters. The van der Waals surface area contributed by atoms with Gasteiger partial charge in [0.15, 0.2) is 0 Å². The van der Waals surface area contributed by atoms with Crippen molar-refractivity contribution in [2.24, 2.45) is 5.92 Å². The van der Waals surface area contributed by atoms with Gasteiger partial charge in [0.2, 0.25) is 10.0 Å². The molecule has 0 amide bonds. The van der Waals surface area contributed by atoms with E-state index >= 15 is 0 Å². The summed E-state index contributed by atoms with van der Waals surface area (Å²) in [6.07, 6.45) is 3.98. The van der Waals surface area contributed by atoms with Gasteiger partial charge in [0.05, 0.1) is 18.3 Å². The van der Waals surface area contributed by atoms with Gasteiger partial charge in [0, 0.05) is 18.3 Å². The lowest BCUT2D eigenvalue weighted by Gasteiger charge is -2.31. The van der Waals surface area contributed by atoms with Crippen LogP contribution in [0.25, 0.3) is 0 Å². The molecule has 0 unspecified atom stereocenters. The Labute approximate surface area is 163 Å². The van der Waals surface area contributed by atoms with Gasteiger partial charge in [-0.05, 0) is 70.1 Å². The monoisotopic (exact) mass is 396 g/mol. The van der Waals surface area contributed by atoms with Crippen molar-refractivity contribution in [1.29, 1.82) is 0 Å². The highest BCUT2D eigenvalue weighted by Crippen LogP contribution is 2.26. The maximum atomic E-state index is 12.3. The highest BCUT2D eigenvalue weighted by atomic mass is 32.2. The average Bonchev–Trinajstić information content (AvgIpc) is 2.60. The van der Waals surface area contributed by atoms with Gasteiger partial charge in [-0.1, -0.05) is 12.1 Å². The number of benzene rings is 1. The first-order valence-corrected chi connectivity index (χ1v) is 11.0. The van der Waals surface area contributed by atoms with Gasteiger partial charge >= 0.3 is 5.97 Å². The fourth-order valence-electron chi connectivity index (χ4n) is 3.17. The topological polar surface area (TPSA) is 84.5 Å². The molecule has 1 saturated carbocycles. The molecule has 1 aliphatic rings. The predicted molar refractivity (Wildman–Crippen MR) is 108 cm³/mol. The van der Waals surface area contributed by atoms with E-state index in [1.54, 1.807) is 20.8 Å². The first-order valence-electron chi connectivity index (χ1n) is 9.52. The van der Waals surface area contributed by atoms with Crippen LogP contribution in [0.2, 0.25) is 0 Å². The van der Waals surface area contributed by atoms with Crippen LogP contribution in [-0.2, 0) is 26.0 Å². The number of ether oxygens (including phenoxy) is 1. The Hall–Kier alpha value is -1.60. The van der Waals surface area contributed by atoms with Crippen LogP contribution in [0.1, 0.15) is 52.0 Å². The molecule has 0 aliphatic heterocycles. The quantitative estimate of drug-likeness (QED) is 0.692. The van der Waals surface area contributed by atoms with Crippen LogP contribution in [0.4, 0.5) is 5.69 Å². The van der Waals surface area contributed by atoms with E-state index in [-0.39, 0.29) is 18.4 Å². The van der Waals surface area contributed by atoms with Crippen LogP contribution < -0.4 is 10.0 Å². The minimum absolute atomic E-state index is 0.0360. The van der Waals surface area contributed by atoms with Crippen LogP contribution in [0.15, 0.2) is 24.3 Å². The summed E-state index contributed by atoms with van der Waals surface area (Å²) in [6, 6.07) is 7.84. The zero-order valence-electron chi connectivity index (χ0n) is 16.7. The van der Waals surface area contributed by atoms with Crippen LogP contribution >= 0.6 is 0 Å². The van der Waals surface area contributed by atoms with E-state index in [1.165, 1.54) is 7.11 Å². The second kappa shape index (κ2) is 9.06. The first-order chi connectivity index (χ1) is 12.6. The lowest BCUT2D eigenvalue weighted by Crippen LogP contribution is -2.46. The van der Waals surface area contributed by atoms with E-state index < -0.39 is 14.8 Å². The maximum absolute atomic E-state index is 12.3. The number of nitrogens with one attached hydrogen (secondary N) is 2. The third kappa shape index (κ3) is 6.50. The Bertz CT molecular complexity index is 733. The van der Waals surface area contributed by atoms with Crippen LogP contribution in [0.5, 0.6) is 0 Å². The number of anilines is 1. The Morgan fingerprint density at radius 1 is 1.19 bits per heavy atom. The molecule has 1 aromatic carbocycles. The molecule has 0 spiro atoms. The number of carbonyl (C=O) groups excluding carboxylic acids is 1.